The lowest BCUT2D eigenvalue weighted by Gasteiger charge is -1.96. The minimum atomic E-state index is 1.01. The highest BCUT2D eigenvalue weighted by atomic mass is 15.1. The fraction of sp³-hybridized carbons (Fsp3) is 0.0455. The number of imidazole rings is 1. The van der Waals surface area contributed by atoms with Crippen LogP contribution in [0.2, 0.25) is 0 Å². The van der Waals surface area contributed by atoms with Gasteiger partial charge in [0.15, 0.2) is 5.69 Å². The first-order valence-corrected chi connectivity index (χ1v) is 7.96. The summed E-state index contributed by atoms with van der Waals surface area (Å²) in [5.41, 5.74) is 5.44. The summed E-state index contributed by atoms with van der Waals surface area (Å²) in [4.78, 5) is 0. The highest BCUT2D eigenvalue weighted by Crippen LogP contribution is 2.21. The van der Waals surface area contributed by atoms with Crippen molar-refractivity contribution in [1.29, 1.82) is 0 Å². The Hall–Kier alpha value is -3.31. The number of rotatable bonds is 1. The van der Waals surface area contributed by atoms with E-state index in [4.69, 9.17) is 0 Å². The van der Waals surface area contributed by atoms with Crippen LogP contribution in [0.15, 0.2) is 85.1 Å². The molecule has 0 fully saturated rings. The van der Waals surface area contributed by atoms with Gasteiger partial charge in [0.1, 0.15) is 0 Å². The highest BCUT2D eigenvalue weighted by molar-refractivity contribution is 5.66. The van der Waals surface area contributed by atoms with Crippen LogP contribution in [0.3, 0.4) is 0 Å². The summed E-state index contributed by atoms with van der Waals surface area (Å²) < 4.78 is 4.35. The second-order valence-corrected chi connectivity index (χ2v) is 5.67. The van der Waals surface area contributed by atoms with Crippen LogP contribution in [0.4, 0.5) is 0 Å². The van der Waals surface area contributed by atoms with E-state index in [1.54, 1.807) is 0 Å². The van der Waals surface area contributed by atoms with Crippen molar-refractivity contribution in [3.8, 4) is 23.1 Å². The molecule has 0 aliphatic carbocycles. The van der Waals surface area contributed by atoms with E-state index >= 15 is 0 Å². The van der Waals surface area contributed by atoms with E-state index in [1.807, 2.05) is 42.5 Å². The summed E-state index contributed by atoms with van der Waals surface area (Å²) in [7, 11) is 2.07. The van der Waals surface area contributed by atoms with Gasteiger partial charge < -0.3 is 0 Å². The molecule has 0 radical (unpaired) electrons. The van der Waals surface area contributed by atoms with Crippen molar-refractivity contribution < 1.29 is 4.40 Å². The molecule has 0 atom stereocenters. The number of benzene rings is 2. The van der Waals surface area contributed by atoms with Crippen LogP contribution in [0.25, 0.3) is 16.9 Å². The molecule has 0 spiro atoms. The first kappa shape index (κ1) is 14.3. The summed E-state index contributed by atoms with van der Waals surface area (Å²) in [6.07, 6.45) is 2.09. The van der Waals surface area contributed by atoms with E-state index in [1.165, 1.54) is 0 Å². The van der Waals surface area contributed by atoms with Crippen molar-refractivity contribution >= 4 is 5.65 Å². The monoisotopic (exact) mass is 309 g/mol. The maximum Gasteiger partial charge on any atom is 0.287 e. The zero-order valence-electron chi connectivity index (χ0n) is 13.5. The van der Waals surface area contributed by atoms with E-state index in [9.17, 15) is 0 Å². The van der Waals surface area contributed by atoms with Crippen LogP contribution in [0.1, 0.15) is 11.3 Å². The fourth-order valence-corrected chi connectivity index (χ4v) is 2.95. The molecule has 2 heteroatoms. The minimum absolute atomic E-state index is 1.01. The molecule has 24 heavy (non-hydrogen) atoms. The van der Waals surface area contributed by atoms with Gasteiger partial charge in [-0.05, 0) is 24.1 Å². The molecule has 0 aliphatic rings. The summed E-state index contributed by atoms with van der Waals surface area (Å²) in [6.45, 7) is 0. The van der Waals surface area contributed by atoms with E-state index in [-0.39, 0.29) is 0 Å². The molecule has 0 N–H and O–H groups in total. The van der Waals surface area contributed by atoms with Crippen molar-refractivity contribution in [2.75, 3.05) is 0 Å². The molecule has 0 saturated carbocycles. The minimum Gasteiger partial charge on any atom is -0.219 e. The van der Waals surface area contributed by atoms with Crippen molar-refractivity contribution in [3.05, 3.63) is 96.3 Å². The van der Waals surface area contributed by atoms with Crippen LogP contribution in [-0.2, 0) is 7.05 Å². The predicted molar refractivity (Wildman–Crippen MR) is 96.4 cm³/mol. The van der Waals surface area contributed by atoms with Crippen LogP contribution >= 0.6 is 0 Å². The van der Waals surface area contributed by atoms with Crippen molar-refractivity contribution in [2.24, 2.45) is 7.05 Å². The molecular formula is C22H17N2+. The molecule has 2 heterocycles. The van der Waals surface area contributed by atoms with E-state index in [0.29, 0.717) is 0 Å². The standard InChI is InChI=1S/C22H17N2/c1-23-20(16-15-18-10-4-2-5-11-18)22(19-12-6-3-7-13-19)24-17-9-8-14-21(23)24/h2-14,17H,1H3/q+1. The largest absolute Gasteiger partial charge is 0.287 e. The van der Waals surface area contributed by atoms with Gasteiger partial charge in [0.05, 0.1) is 13.2 Å². The number of fused-ring (bicyclic) bond motifs is 1. The zero-order chi connectivity index (χ0) is 16.4. The third kappa shape index (κ3) is 2.47. The Labute approximate surface area is 141 Å². The number of hydrogen-bond acceptors (Lipinski definition) is 0. The summed E-state index contributed by atoms with van der Waals surface area (Å²) in [5.74, 6) is 6.67. The number of aryl methyl sites for hydroxylation is 1. The van der Waals surface area contributed by atoms with E-state index < -0.39 is 0 Å². The Balaban J connectivity index is 1.98. The van der Waals surface area contributed by atoms with Gasteiger partial charge in [-0.3, -0.25) is 0 Å². The predicted octanol–water partition coefficient (Wildman–Crippen LogP) is 3.83. The third-order valence-corrected chi connectivity index (χ3v) is 4.13. The van der Waals surface area contributed by atoms with E-state index in [0.717, 1.165) is 28.2 Å². The molecule has 2 aromatic carbocycles. The van der Waals surface area contributed by atoms with Crippen molar-refractivity contribution in [3.63, 3.8) is 0 Å². The Kier molecular flexibility index (Phi) is 3.61. The van der Waals surface area contributed by atoms with Gasteiger partial charge in [0, 0.05) is 17.2 Å². The molecule has 2 aromatic heterocycles. The second kappa shape index (κ2) is 6.06. The van der Waals surface area contributed by atoms with Gasteiger partial charge in [0.25, 0.3) is 5.65 Å². The summed E-state index contributed by atoms with van der Waals surface area (Å²) in [6, 6.07) is 26.7. The quantitative estimate of drug-likeness (QED) is 0.373. The summed E-state index contributed by atoms with van der Waals surface area (Å²) in [5, 5.41) is 0. The molecule has 2 nitrogen and oxygen atoms in total. The number of nitrogens with zero attached hydrogens (tertiary/aromatic N) is 2. The molecule has 0 saturated heterocycles. The number of pyridine rings is 1. The lowest BCUT2D eigenvalue weighted by Crippen LogP contribution is -2.21. The lowest BCUT2D eigenvalue weighted by molar-refractivity contribution is -0.498. The topological polar surface area (TPSA) is 9.03 Å². The highest BCUT2D eigenvalue weighted by Gasteiger charge is 2.22. The van der Waals surface area contributed by atoms with Crippen LogP contribution in [0.5, 0.6) is 0 Å². The first-order valence-electron chi connectivity index (χ1n) is 7.96. The molecule has 4 rings (SSSR count). The van der Waals surface area contributed by atoms with Crippen molar-refractivity contribution in [2.45, 2.75) is 0 Å². The van der Waals surface area contributed by atoms with Crippen LogP contribution in [0, 0.1) is 11.8 Å². The van der Waals surface area contributed by atoms with Crippen LogP contribution in [-0.4, -0.2) is 4.57 Å². The smallest absolute Gasteiger partial charge is 0.219 e. The maximum absolute atomic E-state index is 3.38. The maximum atomic E-state index is 3.38. The number of hydrogen-bond donors (Lipinski definition) is 0. The summed E-state index contributed by atoms with van der Waals surface area (Å²) >= 11 is 0. The normalized spacial score (nSPS) is 10.4. The van der Waals surface area contributed by atoms with Gasteiger partial charge in [0.2, 0.25) is 5.69 Å². The molecule has 0 unspecified atom stereocenters. The molecule has 0 amide bonds. The van der Waals surface area contributed by atoms with Gasteiger partial charge in [-0.25, -0.2) is 4.57 Å². The van der Waals surface area contributed by atoms with Gasteiger partial charge in [-0.15, -0.1) is 0 Å². The Morgan fingerprint density at radius 3 is 2.17 bits per heavy atom. The Morgan fingerprint density at radius 2 is 1.42 bits per heavy atom. The van der Waals surface area contributed by atoms with Gasteiger partial charge in [-0.2, -0.15) is 4.40 Å². The Morgan fingerprint density at radius 1 is 0.750 bits per heavy atom. The zero-order valence-corrected chi connectivity index (χ0v) is 13.5. The third-order valence-electron chi connectivity index (χ3n) is 4.13. The lowest BCUT2D eigenvalue weighted by atomic mass is 10.1. The van der Waals surface area contributed by atoms with E-state index in [2.05, 4.69) is 70.5 Å². The number of aromatic nitrogens is 2. The molecule has 0 aliphatic heterocycles. The SMILES string of the molecule is Cn1c(C#Cc2ccccc2)c(-c2ccccc2)[n+]2ccccc12. The fourth-order valence-electron chi connectivity index (χ4n) is 2.95. The molecular weight excluding hydrogens is 292 g/mol. The molecule has 0 bridgehead atoms. The Bertz CT molecular complexity index is 1050. The average Bonchev–Trinajstić information content (AvgIpc) is 2.94. The molecule has 4 aromatic rings. The van der Waals surface area contributed by atoms with Gasteiger partial charge >= 0.3 is 0 Å². The average molecular weight is 309 g/mol. The molecule has 114 valence electrons. The first-order chi connectivity index (χ1) is 11.8. The van der Waals surface area contributed by atoms with Gasteiger partial charge in [-0.1, -0.05) is 60.5 Å². The van der Waals surface area contributed by atoms with Crippen LogP contribution < -0.4 is 4.40 Å². The second-order valence-electron chi connectivity index (χ2n) is 5.67. The van der Waals surface area contributed by atoms with Crippen molar-refractivity contribution in [1.82, 2.24) is 4.57 Å².